The van der Waals surface area contributed by atoms with Gasteiger partial charge in [-0.15, -0.1) is 0 Å². The number of aromatic nitrogens is 2. The largest absolute Gasteiger partial charge is 0.465 e. The SMILES string of the molecule is O=C(O)N1[C@@H]2CC[C@H]1CN(c1nc(OCC34CCCN3C(CO)CC4)nc3c1CCN(c1cccc(Cl)c1C1CC1)C3)C2. The molecule has 5 fully saturated rings. The van der Waals surface area contributed by atoms with Crippen molar-refractivity contribution in [3.8, 4) is 6.01 Å². The number of aliphatic hydroxyl groups excluding tert-OH is 1. The molecule has 8 rings (SSSR count). The first-order valence-electron chi connectivity index (χ1n) is 16.1. The molecule has 2 N–H and O–H groups in total. The Morgan fingerprint density at radius 1 is 1.05 bits per heavy atom. The molecule has 1 aromatic heterocycles. The molecular formula is C32H41ClN6O4. The molecule has 1 amide bonds. The van der Waals surface area contributed by atoms with Gasteiger partial charge in [0.25, 0.3) is 0 Å². The Morgan fingerprint density at radius 2 is 1.86 bits per heavy atom. The maximum Gasteiger partial charge on any atom is 0.407 e. The molecule has 5 aliphatic heterocycles. The number of hydrogen-bond acceptors (Lipinski definition) is 8. The minimum Gasteiger partial charge on any atom is -0.465 e. The summed E-state index contributed by atoms with van der Waals surface area (Å²) in [5.41, 5.74) is 4.55. The lowest BCUT2D eigenvalue weighted by atomic mass is 9.95. The van der Waals surface area contributed by atoms with Crippen LogP contribution >= 0.6 is 11.6 Å². The number of ether oxygens (including phenoxy) is 1. The van der Waals surface area contributed by atoms with Gasteiger partial charge in [0.15, 0.2) is 0 Å². The number of anilines is 2. The maximum absolute atomic E-state index is 12.0. The van der Waals surface area contributed by atoms with Crippen LogP contribution in [0.15, 0.2) is 18.2 Å². The third-order valence-electron chi connectivity index (χ3n) is 11.1. The van der Waals surface area contributed by atoms with Crippen LogP contribution in [0.4, 0.5) is 16.3 Å². The molecule has 0 spiro atoms. The van der Waals surface area contributed by atoms with Crippen LogP contribution in [-0.4, -0.2) is 99.1 Å². The normalized spacial score (nSPS) is 30.1. The highest BCUT2D eigenvalue weighted by Crippen LogP contribution is 2.48. The van der Waals surface area contributed by atoms with Gasteiger partial charge in [-0.1, -0.05) is 17.7 Å². The second kappa shape index (κ2) is 10.7. The van der Waals surface area contributed by atoms with Gasteiger partial charge in [0.1, 0.15) is 12.4 Å². The zero-order chi connectivity index (χ0) is 29.3. The molecule has 2 bridgehead atoms. The summed E-state index contributed by atoms with van der Waals surface area (Å²) in [6.07, 6.45) is 8.33. The minimum atomic E-state index is -0.817. The van der Waals surface area contributed by atoms with Gasteiger partial charge in [-0.05, 0) is 87.9 Å². The first-order chi connectivity index (χ1) is 20.9. The molecule has 4 saturated heterocycles. The van der Waals surface area contributed by atoms with Crippen molar-refractivity contribution in [1.82, 2.24) is 19.8 Å². The Bertz CT molecular complexity index is 1410. The van der Waals surface area contributed by atoms with Crippen LogP contribution in [-0.2, 0) is 13.0 Å². The number of amides is 1. The van der Waals surface area contributed by atoms with Crippen molar-refractivity contribution in [2.24, 2.45) is 0 Å². The number of carboxylic acid groups (broad SMARTS) is 1. The fraction of sp³-hybridized carbons (Fsp3) is 0.656. The highest BCUT2D eigenvalue weighted by Gasteiger charge is 2.50. The maximum atomic E-state index is 12.0. The fourth-order valence-corrected chi connectivity index (χ4v) is 9.21. The van der Waals surface area contributed by atoms with Crippen LogP contribution in [0.1, 0.15) is 74.1 Å². The van der Waals surface area contributed by atoms with E-state index in [1.165, 1.54) is 24.1 Å². The third-order valence-corrected chi connectivity index (χ3v) is 11.4. The molecule has 1 aliphatic carbocycles. The molecule has 10 nitrogen and oxygen atoms in total. The smallest absolute Gasteiger partial charge is 0.407 e. The zero-order valence-electron chi connectivity index (χ0n) is 24.6. The third kappa shape index (κ3) is 4.71. The van der Waals surface area contributed by atoms with Gasteiger partial charge in [-0.2, -0.15) is 9.97 Å². The highest BCUT2D eigenvalue weighted by atomic mass is 35.5. The lowest BCUT2D eigenvalue weighted by Crippen LogP contribution is -2.56. The lowest BCUT2D eigenvalue weighted by molar-refractivity contribution is 0.0641. The monoisotopic (exact) mass is 608 g/mol. The topological polar surface area (TPSA) is 106 Å². The summed E-state index contributed by atoms with van der Waals surface area (Å²) in [6, 6.07) is 6.83. The Morgan fingerprint density at radius 3 is 2.60 bits per heavy atom. The molecule has 6 heterocycles. The van der Waals surface area contributed by atoms with E-state index in [9.17, 15) is 15.0 Å². The second-order valence-corrected chi connectivity index (χ2v) is 13.9. The van der Waals surface area contributed by atoms with Gasteiger partial charge in [-0.3, -0.25) is 9.80 Å². The molecule has 2 unspecified atom stereocenters. The first-order valence-corrected chi connectivity index (χ1v) is 16.5. The Hall–Kier alpha value is -2.82. The second-order valence-electron chi connectivity index (χ2n) is 13.5. The lowest BCUT2D eigenvalue weighted by Gasteiger charge is -2.41. The predicted molar refractivity (Wildman–Crippen MR) is 163 cm³/mol. The van der Waals surface area contributed by atoms with Crippen LogP contribution in [0.25, 0.3) is 0 Å². The number of aliphatic hydroxyl groups is 1. The summed E-state index contributed by atoms with van der Waals surface area (Å²) >= 11 is 6.73. The Labute approximate surface area is 257 Å². The number of hydrogen-bond donors (Lipinski definition) is 2. The van der Waals surface area contributed by atoms with Crippen molar-refractivity contribution < 1.29 is 19.7 Å². The van der Waals surface area contributed by atoms with E-state index in [4.69, 9.17) is 26.3 Å². The number of piperazine rings is 1. The van der Waals surface area contributed by atoms with Crippen molar-refractivity contribution in [2.45, 2.75) is 93.9 Å². The van der Waals surface area contributed by atoms with Crippen molar-refractivity contribution in [1.29, 1.82) is 0 Å². The molecule has 1 saturated carbocycles. The van der Waals surface area contributed by atoms with Crippen LogP contribution < -0.4 is 14.5 Å². The van der Waals surface area contributed by atoms with Crippen molar-refractivity contribution in [3.05, 3.63) is 40.0 Å². The molecule has 43 heavy (non-hydrogen) atoms. The number of nitrogens with zero attached hydrogens (tertiary/aromatic N) is 6. The van der Waals surface area contributed by atoms with E-state index < -0.39 is 6.09 Å². The zero-order valence-corrected chi connectivity index (χ0v) is 25.4. The van der Waals surface area contributed by atoms with E-state index in [0.29, 0.717) is 38.2 Å². The van der Waals surface area contributed by atoms with E-state index in [1.807, 2.05) is 12.1 Å². The fourth-order valence-electron chi connectivity index (χ4n) is 8.89. The quantitative estimate of drug-likeness (QED) is 0.477. The number of halogens is 1. The number of fused-ring (bicyclic) bond motifs is 4. The van der Waals surface area contributed by atoms with E-state index in [2.05, 4.69) is 20.8 Å². The summed E-state index contributed by atoms with van der Waals surface area (Å²) in [5.74, 6) is 1.45. The Kier molecular flexibility index (Phi) is 6.87. The predicted octanol–water partition coefficient (Wildman–Crippen LogP) is 4.27. The average Bonchev–Trinajstić information content (AvgIpc) is 3.58. The summed E-state index contributed by atoms with van der Waals surface area (Å²) in [5, 5.41) is 20.7. The summed E-state index contributed by atoms with van der Waals surface area (Å²) in [7, 11) is 0. The molecule has 0 radical (unpaired) electrons. The number of carbonyl (C=O) groups is 1. The van der Waals surface area contributed by atoms with Crippen LogP contribution in [0.2, 0.25) is 5.02 Å². The summed E-state index contributed by atoms with van der Waals surface area (Å²) in [6.45, 7) is 4.51. The van der Waals surface area contributed by atoms with Gasteiger partial charge in [0.2, 0.25) is 0 Å². The van der Waals surface area contributed by atoms with E-state index in [1.54, 1.807) is 4.90 Å². The first kappa shape index (κ1) is 27.7. The number of rotatable bonds is 7. The van der Waals surface area contributed by atoms with E-state index in [0.717, 1.165) is 80.1 Å². The highest BCUT2D eigenvalue weighted by molar-refractivity contribution is 6.31. The van der Waals surface area contributed by atoms with Crippen molar-refractivity contribution >= 4 is 29.2 Å². The molecule has 4 atom stereocenters. The molecule has 11 heteroatoms. The van der Waals surface area contributed by atoms with Gasteiger partial charge < -0.3 is 24.7 Å². The number of benzene rings is 1. The van der Waals surface area contributed by atoms with E-state index >= 15 is 0 Å². The Balaban J connectivity index is 1.12. The molecule has 230 valence electrons. The molecule has 2 aromatic rings. The van der Waals surface area contributed by atoms with Crippen LogP contribution in [0.3, 0.4) is 0 Å². The molecule has 6 aliphatic rings. The average molecular weight is 609 g/mol. The van der Waals surface area contributed by atoms with Crippen LogP contribution in [0, 0.1) is 0 Å². The van der Waals surface area contributed by atoms with Gasteiger partial charge in [0.05, 0.1) is 36.5 Å². The van der Waals surface area contributed by atoms with Crippen LogP contribution in [0.5, 0.6) is 6.01 Å². The molecule has 1 aromatic carbocycles. The standard InChI is InChI=1S/C32H41ClN6O4/c33-25-3-1-4-27(28(25)20-5-6-20)36-14-10-24-26(17-36)34-30(43-19-32-11-2-13-38(32)23(18-40)9-12-32)35-29(24)37-15-21-7-8-22(16-37)39(21)31(41)42/h1,3-4,20-23,40H,2,5-19H2,(H,41,42)/t21-,22+,23?,32?. The van der Waals surface area contributed by atoms with Gasteiger partial charge in [0, 0.05) is 41.9 Å². The van der Waals surface area contributed by atoms with Gasteiger partial charge >= 0.3 is 12.1 Å². The molecular weight excluding hydrogens is 568 g/mol. The summed E-state index contributed by atoms with van der Waals surface area (Å²) < 4.78 is 6.53. The van der Waals surface area contributed by atoms with Crippen molar-refractivity contribution in [3.63, 3.8) is 0 Å². The minimum absolute atomic E-state index is 0.0151. The van der Waals surface area contributed by atoms with E-state index in [-0.39, 0.29) is 30.3 Å². The van der Waals surface area contributed by atoms with Gasteiger partial charge in [-0.25, -0.2) is 4.79 Å². The summed E-state index contributed by atoms with van der Waals surface area (Å²) in [4.78, 5) is 31.0. The van der Waals surface area contributed by atoms with Crippen molar-refractivity contribution in [2.75, 3.05) is 49.2 Å².